The van der Waals surface area contributed by atoms with E-state index in [-0.39, 0.29) is 5.56 Å². The number of aromatic carboxylic acids is 1. The maximum absolute atomic E-state index is 11.2. The van der Waals surface area contributed by atoms with Crippen molar-refractivity contribution in [1.82, 2.24) is 4.98 Å². The second-order valence-corrected chi connectivity index (χ2v) is 5.07. The minimum atomic E-state index is -1.02. The number of hydrogen-bond acceptors (Lipinski definition) is 4. The van der Waals surface area contributed by atoms with Gasteiger partial charge in [0.15, 0.2) is 5.75 Å². The highest BCUT2D eigenvalue weighted by Gasteiger charge is 2.19. The van der Waals surface area contributed by atoms with Crippen LogP contribution in [0.4, 0.5) is 0 Å². The highest BCUT2D eigenvalue weighted by molar-refractivity contribution is 7.26. The Balaban J connectivity index is 2.41. The lowest BCUT2D eigenvalue weighted by molar-refractivity contribution is 0.0692. The summed E-state index contributed by atoms with van der Waals surface area (Å²) in [6, 6.07) is 7.88. The van der Waals surface area contributed by atoms with E-state index in [4.69, 9.17) is 4.74 Å². The van der Waals surface area contributed by atoms with Gasteiger partial charge in [0.25, 0.3) is 0 Å². The molecule has 0 atom stereocenters. The average molecular weight is 273 g/mol. The van der Waals surface area contributed by atoms with Gasteiger partial charge in [0.2, 0.25) is 0 Å². The zero-order valence-electron chi connectivity index (χ0n) is 10.2. The number of nitrogens with zero attached hydrogens (tertiary/aromatic N) is 1. The molecule has 0 fully saturated rings. The summed E-state index contributed by atoms with van der Waals surface area (Å²) in [4.78, 5) is 15.5. The molecule has 0 saturated heterocycles. The predicted molar refractivity (Wildman–Crippen MR) is 75.3 cm³/mol. The van der Waals surface area contributed by atoms with E-state index in [1.807, 2.05) is 31.2 Å². The van der Waals surface area contributed by atoms with Crippen LogP contribution in [0.15, 0.2) is 30.5 Å². The van der Waals surface area contributed by atoms with Crippen molar-refractivity contribution in [1.29, 1.82) is 0 Å². The van der Waals surface area contributed by atoms with Crippen molar-refractivity contribution in [3.63, 3.8) is 0 Å². The van der Waals surface area contributed by atoms with Gasteiger partial charge < -0.3 is 9.84 Å². The van der Waals surface area contributed by atoms with Crippen molar-refractivity contribution < 1.29 is 14.6 Å². The Morgan fingerprint density at radius 2 is 2.21 bits per heavy atom. The molecule has 0 unspecified atom stereocenters. The summed E-state index contributed by atoms with van der Waals surface area (Å²) in [5.41, 5.74) is 0.912. The number of ether oxygens (including phenoxy) is 1. The molecular weight excluding hydrogens is 262 g/mol. The van der Waals surface area contributed by atoms with Crippen LogP contribution in [0.1, 0.15) is 17.3 Å². The molecule has 1 N–H and O–H groups in total. The number of benzene rings is 1. The van der Waals surface area contributed by atoms with Crippen LogP contribution in [0.5, 0.6) is 5.75 Å². The van der Waals surface area contributed by atoms with E-state index in [1.165, 1.54) is 17.5 Å². The zero-order chi connectivity index (χ0) is 13.4. The Labute approximate surface area is 113 Å². The molecule has 1 aromatic carbocycles. The molecule has 3 aromatic rings. The van der Waals surface area contributed by atoms with Crippen molar-refractivity contribution in [2.45, 2.75) is 6.92 Å². The molecule has 0 aliphatic heterocycles. The second kappa shape index (κ2) is 4.51. The maximum atomic E-state index is 11.2. The summed E-state index contributed by atoms with van der Waals surface area (Å²) in [6.07, 6.45) is 1.37. The Hall–Kier alpha value is -2.14. The highest BCUT2D eigenvalue weighted by Crippen LogP contribution is 2.39. The number of carboxylic acid groups (broad SMARTS) is 1. The van der Waals surface area contributed by atoms with Gasteiger partial charge in [-0.15, -0.1) is 11.3 Å². The molecule has 5 heteroatoms. The number of carbonyl (C=O) groups is 1. The largest absolute Gasteiger partial charge is 0.491 e. The van der Waals surface area contributed by atoms with Gasteiger partial charge in [-0.05, 0) is 13.0 Å². The standard InChI is InChI=1S/C14H11NO3S/c1-2-18-12-9(14(16)17)7-15-11-8-5-3-4-6-10(8)19-13(11)12/h3-7H,2H2,1H3,(H,16,17). The summed E-state index contributed by atoms with van der Waals surface area (Å²) in [7, 11) is 0. The Morgan fingerprint density at radius 3 is 2.95 bits per heavy atom. The molecule has 19 heavy (non-hydrogen) atoms. The summed E-state index contributed by atoms with van der Waals surface area (Å²) in [6.45, 7) is 2.26. The molecule has 3 rings (SSSR count). The van der Waals surface area contributed by atoms with Gasteiger partial charge in [-0.2, -0.15) is 0 Å². The first-order chi connectivity index (χ1) is 9.22. The molecule has 0 saturated carbocycles. The summed E-state index contributed by atoms with van der Waals surface area (Å²) < 4.78 is 7.40. The van der Waals surface area contributed by atoms with Crippen molar-refractivity contribution in [2.24, 2.45) is 0 Å². The van der Waals surface area contributed by atoms with Gasteiger partial charge in [0.05, 0.1) is 16.8 Å². The SMILES string of the molecule is CCOc1c(C(=O)O)cnc2c1sc1ccccc12. The Kier molecular flexibility index (Phi) is 2.83. The molecule has 2 aromatic heterocycles. The summed E-state index contributed by atoms with van der Waals surface area (Å²) >= 11 is 1.51. The lowest BCUT2D eigenvalue weighted by atomic mass is 10.2. The monoisotopic (exact) mass is 273 g/mol. The van der Waals surface area contributed by atoms with Gasteiger partial charge in [-0.25, -0.2) is 4.79 Å². The smallest absolute Gasteiger partial charge is 0.341 e. The third-order valence-corrected chi connectivity index (χ3v) is 4.02. The van der Waals surface area contributed by atoms with Gasteiger partial charge in [-0.1, -0.05) is 18.2 Å². The number of rotatable bonds is 3. The van der Waals surface area contributed by atoms with Gasteiger partial charge in [0, 0.05) is 16.3 Å². The molecule has 4 nitrogen and oxygen atoms in total. The van der Waals surface area contributed by atoms with E-state index >= 15 is 0 Å². The number of aromatic nitrogens is 1. The minimum Gasteiger partial charge on any atom is -0.491 e. The third kappa shape index (κ3) is 1.82. The lowest BCUT2D eigenvalue weighted by Crippen LogP contribution is -2.03. The van der Waals surface area contributed by atoms with Gasteiger partial charge in [0.1, 0.15) is 5.56 Å². The highest BCUT2D eigenvalue weighted by atomic mass is 32.1. The number of fused-ring (bicyclic) bond motifs is 3. The first kappa shape index (κ1) is 11.9. The minimum absolute atomic E-state index is 0.112. The fourth-order valence-corrected chi connectivity index (χ4v) is 3.23. The molecule has 0 radical (unpaired) electrons. The van der Waals surface area contributed by atoms with Gasteiger partial charge >= 0.3 is 5.97 Å². The van der Waals surface area contributed by atoms with E-state index in [0.717, 1.165) is 20.3 Å². The van der Waals surface area contributed by atoms with Crippen LogP contribution in [0.3, 0.4) is 0 Å². The molecule has 0 spiro atoms. The van der Waals surface area contributed by atoms with E-state index in [0.29, 0.717) is 12.4 Å². The molecule has 0 aliphatic rings. The third-order valence-electron chi connectivity index (χ3n) is 2.86. The molecule has 0 amide bonds. The molecule has 0 aliphatic carbocycles. The fraction of sp³-hybridized carbons (Fsp3) is 0.143. The van der Waals surface area contributed by atoms with Crippen LogP contribution in [0.2, 0.25) is 0 Å². The van der Waals surface area contributed by atoms with Gasteiger partial charge in [-0.3, -0.25) is 4.98 Å². The number of hydrogen-bond donors (Lipinski definition) is 1. The predicted octanol–water partition coefficient (Wildman–Crippen LogP) is 3.55. The number of thiophene rings is 1. The van der Waals surface area contributed by atoms with Crippen molar-refractivity contribution in [3.05, 3.63) is 36.0 Å². The Morgan fingerprint density at radius 1 is 1.42 bits per heavy atom. The first-order valence-corrected chi connectivity index (χ1v) is 6.70. The summed E-state index contributed by atoms with van der Waals surface area (Å²) in [5, 5.41) is 10.2. The van der Waals surface area contributed by atoms with Crippen LogP contribution in [0, 0.1) is 0 Å². The quantitative estimate of drug-likeness (QED) is 0.792. The van der Waals surface area contributed by atoms with E-state index < -0.39 is 5.97 Å². The lowest BCUT2D eigenvalue weighted by Gasteiger charge is -2.07. The topological polar surface area (TPSA) is 59.4 Å². The molecular formula is C14H11NO3S. The van der Waals surface area contributed by atoms with Crippen LogP contribution in [0.25, 0.3) is 20.3 Å². The number of carboxylic acids is 1. The fourth-order valence-electron chi connectivity index (χ4n) is 2.06. The Bertz CT molecular complexity index is 779. The second-order valence-electron chi connectivity index (χ2n) is 4.02. The van der Waals surface area contributed by atoms with Crippen LogP contribution < -0.4 is 4.74 Å². The molecule has 2 heterocycles. The van der Waals surface area contributed by atoms with E-state index in [1.54, 1.807) is 0 Å². The van der Waals surface area contributed by atoms with E-state index in [9.17, 15) is 9.90 Å². The van der Waals surface area contributed by atoms with Crippen LogP contribution in [-0.4, -0.2) is 22.7 Å². The molecule has 0 bridgehead atoms. The van der Waals surface area contributed by atoms with E-state index in [2.05, 4.69) is 4.98 Å². The summed E-state index contributed by atoms with van der Waals surface area (Å²) in [5.74, 6) is -0.600. The van der Waals surface area contributed by atoms with Crippen LogP contribution >= 0.6 is 11.3 Å². The zero-order valence-corrected chi connectivity index (χ0v) is 11.0. The number of pyridine rings is 1. The van der Waals surface area contributed by atoms with Crippen molar-refractivity contribution in [3.8, 4) is 5.75 Å². The van der Waals surface area contributed by atoms with Crippen molar-refractivity contribution >= 4 is 37.6 Å². The normalized spacial score (nSPS) is 11.0. The van der Waals surface area contributed by atoms with Crippen molar-refractivity contribution in [2.75, 3.05) is 6.61 Å². The van der Waals surface area contributed by atoms with Crippen LogP contribution in [-0.2, 0) is 0 Å². The maximum Gasteiger partial charge on any atom is 0.341 e. The average Bonchev–Trinajstić information content (AvgIpc) is 2.78. The first-order valence-electron chi connectivity index (χ1n) is 5.88. The molecule has 96 valence electrons.